The molecule has 0 saturated carbocycles. The lowest BCUT2D eigenvalue weighted by Crippen LogP contribution is -2.44. The summed E-state index contributed by atoms with van der Waals surface area (Å²) in [4.78, 5) is 2.38. The van der Waals surface area contributed by atoms with E-state index >= 15 is 0 Å². The Labute approximate surface area is 131 Å². The van der Waals surface area contributed by atoms with E-state index in [0.717, 1.165) is 43.4 Å². The van der Waals surface area contributed by atoms with Crippen LogP contribution in [-0.2, 0) is 16.6 Å². The van der Waals surface area contributed by atoms with Crippen LogP contribution < -0.4 is 0 Å². The van der Waals surface area contributed by atoms with E-state index in [1.165, 1.54) is 16.1 Å². The van der Waals surface area contributed by atoms with Gasteiger partial charge in [0.15, 0.2) is 0 Å². The minimum absolute atomic E-state index is 0.120. The molecule has 6 nitrogen and oxygen atoms in total. The first-order valence-electron chi connectivity index (χ1n) is 7.51. The van der Waals surface area contributed by atoms with E-state index in [4.69, 9.17) is 0 Å². The van der Waals surface area contributed by atoms with Crippen LogP contribution in [0.2, 0.25) is 0 Å². The molecule has 3 rings (SSSR count). The van der Waals surface area contributed by atoms with Crippen molar-refractivity contribution in [2.75, 3.05) is 26.4 Å². The van der Waals surface area contributed by atoms with Crippen molar-refractivity contribution in [1.29, 1.82) is 0 Å². The highest BCUT2D eigenvalue weighted by Crippen LogP contribution is 2.22. The van der Waals surface area contributed by atoms with Gasteiger partial charge in [-0.15, -0.1) is 0 Å². The van der Waals surface area contributed by atoms with E-state index in [2.05, 4.69) is 33.3 Å². The Bertz CT molecular complexity index is 748. The number of likely N-dealkylation sites (tertiary alicyclic amines) is 1. The van der Waals surface area contributed by atoms with Crippen LogP contribution in [0.5, 0.6) is 0 Å². The van der Waals surface area contributed by atoms with E-state index in [-0.39, 0.29) is 6.04 Å². The Balaban J connectivity index is 1.64. The zero-order valence-corrected chi connectivity index (χ0v) is 13.8. The SMILES string of the molecule is CN(C1CCN(Cc2cccc3cn[nH]c23)CC1)S(C)(=O)=O. The van der Waals surface area contributed by atoms with Gasteiger partial charge in [-0.25, -0.2) is 12.7 Å². The lowest BCUT2D eigenvalue weighted by molar-refractivity contribution is 0.164. The molecule has 0 spiro atoms. The smallest absolute Gasteiger partial charge is 0.211 e. The van der Waals surface area contributed by atoms with Crippen molar-refractivity contribution in [3.05, 3.63) is 30.0 Å². The number of H-pyrrole nitrogens is 1. The summed E-state index contributed by atoms with van der Waals surface area (Å²) in [6, 6.07) is 6.34. The van der Waals surface area contributed by atoms with E-state index in [0.29, 0.717) is 0 Å². The van der Waals surface area contributed by atoms with Crippen molar-refractivity contribution in [3.63, 3.8) is 0 Å². The largest absolute Gasteiger partial charge is 0.299 e. The van der Waals surface area contributed by atoms with E-state index < -0.39 is 10.0 Å². The Morgan fingerprint density at radius 1 is 1.36 bits per heavy atom. The van der Waals surface area contributed by atoms with Crippen molar-refractivity contribution in [2.24, 2.45) is 0 Å². The average Bonchev–Trinajstić information content (AvgIpc) is 2.96. The topological polar surface area (TPSA) is 69.3 Å². The molecule has 1 aliphatic rings. The summed E-state index contributed by atoms with van der Waals surface area (Å²) in [6.45, 7) is 2.69. The van der Waals surface area contributed by atoms with Crippen LogP contribution >= 0.6 is 0 Å². The summed E-state index contributed by atoms with van der Waals surface area (Å²) in [6.07, 6.45) is 4.87. The molecule has 1 aliphatic heterocycles. The van der Waals surface area contributed by atoms with E-state index in [1.54, 1.807) is 7.05 Å². The maximum absolute atomic E-state index is 11.6. The minimum atomic E-state index is -3.10. The molecule has 0 radical (unpaired) electrons. The minimum Gasteiger partial charge on any atom is -0.299 e. The highest BCUT2D eigenvalue weighted by Gasteiger charge is 2.27. The van der Waals surface area contributed by atoms with Crippen molar-refractivity contribution >= 4 is 20.9 Å². The molecule has 0 atom stereocenters. The molecule has 120 valence electrons. The number of rotatable bonds is 4. The number of hydrogen-bond acceptors (Lipinski definition) is 4. The molecule has 2 heterocycles. The fourth-order valence-corrected chi connectivity index (χ4v) is 3.87. The highest BCUT2D eigenvalue weighted by molar-refractivity contribution is 7.88. The fourth-order valence-electron chi connectivity index (χ4n) is 3.11. The molecule has 7 heteroatoms. The number of piperidine rings is 1. The number of para-hydroxylation sites is 1. The molecule has 22 heavy (non-hydrogen) atoms. The number of aromatic amines is 1. The van der Waals surface area contributed by atoms with Crippen molar-refractivity contribution in [2.45, 2.75) is 25.4 Å². The number of aromatic nitrogens is 2. The van der Waals surface area contributed by atoms with Gasteiger partial charge in [0.05, 0.1) is 18.0 Å². The number of benzene rings is 1. The van der Waals surface area contributed by atoms with Gasteiger partial charge in [-0.05, 0) is 18.4 Å². The predicted molar refractivity (Wildman–Crippen MR) is 87.0 cm³/mol. The van der Waals surface area contributed by atoms with Crippen molar-refractivity contribution < 1.29 is 8.42 Å². The van der Waals surface area contributed by atoms with Gasteiger partial charge in [-0.3, -0.25) is 10.00 Å². The number of sulfonamides is 1. The van der Waals surface area contributed by atoms with Crippen LogP contribution in [0.4, 0.5) is 0 Å². The van der Waals surface area contributed by atoms with Crippen molar-refractivity contribution in [3.8, 4) is 0 Å². The van der Waals surface area contributed by atoms with Crippen LogP contribution in [-0.4, -0.2) is 60.3 Å². The molecule has 1 aromatic heterocycles. The third kappa shape index (κ3) is 3.16. The van der Waals surface area contributed by atoms with Crippen molar-refractivity contribution in [1.82, 2.24) is 19.4 Å². The van der Waals surface area contributed by atoms with E-state index in [9.17, 15) is 8.42 Å². The van der Waals surface area contributed by atoms with Gasteiger partial charge in [-0.1, -0.05) is 18.2 Å². The molecule has 0 amide bonds. The molecule has 1 saturated heterocycles. The summed E-state index contributed by atoms with van der Waals surface area (Å²) in [5.74, 6) is 0. The number of nitrogens with one attached hydrogen (secondary N) is 1. The predicted octanol–water partition coefficient (Wildman–Crippen LogP) is 1.42. The van der Waals surface area contributed by atoms with Crippen LogP contribution in [0.1, 0.15) is 18.4 Å². The summed E-state index contributed by atoms with van der Waals surface area (Å²) < 4.78 is 24.8. The second-order valence-corrected chi connectivity index (χ2v) is 8.08. The molecular formula is C15H22N4O2S. The van der Waals surface area contributed by atoms with Crippen LogP contribution in [0.3, 0.4) is 0 Å². The van der Waals surface area contributed by atoms with Gasteiger partial charge >= 0.3 is 0 Å². The third-order valence-corrected chi connectivity index (χ3v) is 5.90. The molecule has 2 aromatic rings. The molecule has 1 N–H and O–H groups in total. The second kappa shape index (κ2) is 5.98. The average molecular weight is 322 g/mol. The third-order valence-electron chi connectivity index (χ3n) is 4.55. The van der Waals surface area contributed by atoms with Gasteiger partial charge in [-0.2, -0.15) is 5.10 Å². The molecular weight excluding hydrogens is 300 g/mol. The Morgan fingerprint density at radius 2 is 2.09 bits per heavy atom. The van der Waals surface area contributed by atoms with Gasteiger partial charge in [0.25, 0.3) is 0 Å². The summed E-state index contributed by atoms with van der Waals surface area (Å²) >= 11 is 0. The normalized spacial score (nSPS) is 18.3. The lowest BCUT2D eigenvalue weighted by atomic mass is 10.0. The van der Waals surface area contributed by atoms with Gasteiger partial charge < -0.3 is 0 Å². The van der Waals surface area contributed by atoms with Crippen LogP contribution in [0.15, 0.2) is 24.4 Å². The standard InChI is InChI=1S/C15H22N4O2S/c1-18(22(2,20)21)14-6-8-19(9-7-14)11-13-5-3-4-12-10-16-17-15(12)13/h3-5,10,14H,6-9,11H2,1-2H3,(H,16,17). The van der Waals surface area contributed by atoms with Crippen LogP contribution in [0, 0.1) is 0 Å². The number of fused-ring (bicyclic) bond motifs is 1. The maximum atomic E-state index is 11.6. The number of hydrogen-bond donors (Lipinski definition) is 1. The summed E-state index contributed by atoms with van der Waals surface area (Å²) in [5.41, 5.74) is 2.34. The maximum Gasteiger partial charge on any atom is 0.211 e. The zero-order valence-electron chi connectivity index (χ0n) is 13.0. The lowest BCUT2D eigenvalue weighted by Gasteiger charge is -2.35. The monoisotopic (exact) mass is 322 g/mol. The first kappa shape index (κ1) is 15.5. The Morgan fingerprint density at radius 3 is 2.77 bits per heavy atom. The Kier molecular flexibility index (Phi) is 4.20. The van der Waals surface area contributed by atoms with Gasteiger partial charge in [0, 0.05) is 38.1 Å². The van der Waals surface area contributed by atoms with Crippen LogP contribution in [0.25, 0.3) is 10.9 Å². The van der Waals surface area contributed by atoms with Gasteiger partial charge in [0.1, 0.15) is 0 Å². The van der Waals surface area contributed by atoms with E-state index in [1.807, 2.05) is 6.20 Å². The molecule has 1 aromatic carbocycles. The first-order valence-corrected chi connectivity index (χ1v) is 9.36. The highest BCUT2D eigenvalue weighted by atomic mass is 32.2. The molecule has 1 fully saturated rings. The van der Waals surface area contributed by atoms with Gasteiger partial charge in [0.2, 0.25) is 10.0 Å². The Hall–Kier alpha value is -1.44. The fraction of sp³-hybridized carbons (Fsp3) is 0.533. The number of nitrogens with zero attached hydrogens (tertiary/aromatic N) is 3. The first-order chi connectivity index (χ1) is 10.4. The molecule has 0 bridgehead atoms. The molecule has 0 unspecified atom stereocenters. The quantitative estimate of drug-likeness (QED) is 0.924. The zero-order chi connectivity index (χ0) is 15.7. The molecule has 0 aliphatic carbocycles. The second-order valence-electron chi connectivity index (χ2n) is 6.04. The summed E-state index contributed by atoms with van der Waals surface area (Å²) in [5, 5.41) is 8.29. The summed E-state index contributed by atoms with van der Waals surface area (Å²) in [7, 11) is -1.42.